The Balaban J connectivity index is 2.21. The molecule has 5 heteroatoms. The molecule has 2 N–H and O–H groups in total. The molecule has 0 aliphatic carbocycles. The van der Waals surface area contributed by atoms with Crippen molar-refractivity contribution in [2.24, 2.45) is 5.73 Å². The normalized spacial score (nSPS) is 15.9. The molecule has 1 aromatic carbocycles. The number of primary amides is 1. The quantitative estimate of drug-likeness (QED) is 0.743. The molecule has 2 rings (SSSR count). The largest absolute Gasteiger partial charge is 0.351 e. The second-order valence-corrected chi connectivity index (χ2v) is 3.26. The number of nitrogens with two attached hydrogens (primary N) is 1. The Bertz CT molecular complexity index is 391. The third-order valence-corrected chi connectivity index (χ3v) is 2.34. The molecule has 0 aromatic heterocycles. The van der Waals surface area contributed by atoms with Crippen molar-refractivity contribution in [1.82, 2.24) is 4.90 Å². The van der Waals surface area contributed by atoms with Gasteiger partial charge in [-0.2, -0.15) is 0 Å². The van der Waals surface area contributed by atoms with Crippen molar-refractivity contribution in [2.75, 3.05) is 18.0 Å². The molecule has 78 valence electrons. The van der Waals surface area contributed by atoms with Crippen LogP contribution in [0.3, 0.4) is 0 Å². The number of amides is 4. The van der Waals surface area contributed by atoms with Crippen molar-refractivity contribution in [2.45, 2.75) is 0 Å². The van der Waals surface area contributed by atoms with E-state index in [1.807, 2.05) is 30.3 Å². The van der Waals surface area contributed by atoms with Gasteiger partial charge < -0.3 is 5.73 Å². The summed E-state index contributed by atoms with van der Waals surface area (Å²) in [5.74, 6) is 0. The third kappa shape index (κ3) is 1.63. The fraction of sp³-hybridized carbons (Fsp3) is 0.200. The van der Waals surface area contributed by atoms with Gasteiger partial charge in [0.1, 0.15) is 0 Å². The number of rotatable bonds is 1. The number of carbonyl (C=O) groups excluding carboxylic acids is 2. The summed E-state index contributed by atoms with van der Waals surface area (Å²) in [5.41, 5.74) is 5.85. The SMILES string of the molecule is NC(=O)N1CCN(c2ccccc2)C1=O. The Labute approximate surface area is 87.1 Å². The first kappa shape index (κ1) is 9.51. The zero-order valence-electron chi connectivity index (χ0n) is 8.09. The summed E-state index contributed by atoms with van der Waals surface area (Å²) >= 11 is 0. The number of anilines is 1. The smallest absolute Gasteiger partial charge is 0.332 e. The standard InChI is InChI=1S/C10H11N3O2/c11-9(14)13-7-6-12(10(13)15)8-4-2-1-3-5-8/h1-5H,6-7H2,(H2,11,14). The fourth-order valence-electron chi connectivity index (χ4n) is 1.59. The van der Waals surface area contributed by atoms with E-state index in [0.29, 0.717) is 13.1 Å². The predicted octanol–water partition coefficient (Wildman–Crippen LogP) is 1.01. The van der Waals surface area contributed by atoms with Gasteiger partial charge in [0.15, 0.2) is 0 Å². The van der Waals surface area contributed by atoms with E-state index in [2.05, 4.69) is 0 Å². The Kier molecular flexibility index (Phi) is 2.29. The molecule has 0 unspecified atom stereocenters. The van der Waals surface area contributed by atoms with Gasteiger partial charge in [0.05, 0.1) is 6.54 Å². The van der Waals surface area contributed by atoms with Crippen LogP contribution in [0.4, 0.5) is 15.3 Å². The molecule has 15 heavy (non-hydrogen) atoms. The first-order chi connectivity index (χ1) is 7.20. The lowest BCUT2D eigenvalue weighted by atomic mass is 10.3. The molecule has 0 radical (unpaired) electrons. The lowest BCUT2D eigenvalue weighted by Gasteiger charge is -2.15. The summed E-state index contributed by atoms with van der Waals surface area (Å²) in [6.45, 7) is 0.842. The summed E-state index contributed by atoms with van der Waals surface area (Å²) in [4.78, 5) is 25.2. The number of benzene rings is 1. The first-order valence-corrected chi connectivity index (χ1v) is 4.63. The van der Waals surface area contributed by atoms with E-state index < -0.39 is 6.03 Å². The monoisotopic (exact) mass is 205 g/mol. The van der Waals surface area contributed by atoms with Gasteiger partial charge >= 0.3 is 12.1 Å². The van der Waals surface area contributed by atoms with Crippen molar-refractivity contribution >= 4 is 17.7 Å². The molecule has 1 heterocycles. The average molecular weight is 205 g/mol. The van der Waals surface area contributed by atoms with Gasteiger partial charge in [-0.1, -0.05) is 18.2 Å². The maximum atomic E-state index is 11.7. The lowest BCUT2D eigenvalue weighted by Crippen LogP contribution is -2.39. The highest BCUT2D eigenvalue weighted by Gasteiger charge is 2.32. The summed E-state index contributed by atoms with van der Waals surface area (Å²) in [6, 6.07) is 8.15. The van der Waals surface area contributed by atoms with E-state index in [1.165, 1.54) is 4.90 Å². The van der Waals surface area contributed by atoms with Crippen molar-refractivity contribution < 1.29 is 9.59 Å². The van der Waals surface area contributed by atoms with Crippen LogP contribution < -0.4 is 10.6 Å². The summed E-state index contributed by atoms with van der Waals surface area (Å²) < 4.78 is 0. The molecule has 0 bridgehead atoms. The van der Waals surface area contributed by atoms with E-state index in [9.17, 15) is 9.59 Å². The van der Waals surface area contributed by atoms with Crippen LogP contribution in [0.15, 0.2) is 30.3 Å². The Hall–Kier alpha value is -2.04. The van der Waals surface area contributed by atoms with E-state index in [4.69, 9.17) is 5.73 Å². The predicted molar refractivity (Wildman–Crippen MR) is 55.5 cm³/mol. The van der Waals surface area contributed by atoms with Crippen molar-refractivity contribution in [3.8, 4) is 0 Å². The van der Waals surface area contributed by atoms with E-state index >= 15 is 0 Å². The molecule has 0 atom stereocenters. The number of urea groups is 2. The van der Waals surface area contributed by atoms with Crippen LogP contribution in [0.25, 0.3) is 0 Å². The number of hydrogen-bond donors (Lipinski definition) is 1. The van der Waals surface area contributed by atoms with Crippen molar-refractivity contribution in [3.63, 3.8) is 0 Å². The number of imide groups is 1. The van der Waals surface area contributed by atoms with Gasteiger partial charge in [-0.05, 0) is 12.1 Å². The minimum atomic E-state index is -0.696. The Morgan fingerprint density at radius 3 is 2.40 bits per heavy atom. The summed E-state index contributed by atoms with van der Waals surface area (Å²) in [7, 11) is 0. The van der Waals surface area contributed by atoms with Crippen molar-refractivity contribution in [1.29, 1.82) is 0 Å². The molecule has 4 amide bonds. The number of para-hydroxylation sites is 1. The zero-order chi connectivity index (χ0) is 10.8. The second kappa shape index (κ2) is 3.61. The maximum Gasteiger partial charge on any atom is 0.332 e. The van der Waals surface area contributed by atoms with E-state index in [1.54, 1.807) is 0 Å². The fourth-order valence-corrected chi connectivity index (χ4v) is 1.59. The Morgan fingerprint density at radius 1 is 1.20 bits per heavy atom. The Morgan fingerprint density at radius 2 is 1.87 bits per heavy atom. The van der Waals surface area contributed by atoms with Crippen LogP contribution in [0.2, 0.25) is 0 Å². The highest BCUT2D eigenvalue weighted by atomic mass is 16.2. The van der Waals surface area contributed by atoms with Crippen LogP contribution in [0.5, 0.6) is 0 Å². The minimum Gasteiger partial charge on any atom is -0.351 e. The second-order valence-electron chi connectivity index (χ2n) is 3.26. The van der Waals surface area contributed by atoms with Crippen molar-refractivity contribution in [3.05, 3.63) is 30.3 Å². The lowest BCUT2D eigenvalue weighted by molar-refractivity contribution is 0.206. The van der Waals surface area contributed by atoms with Gasteiger partial charge in [0.25, 0.3) is 0 Å². The minimum absolute atomic E-state index is 0.350. The summed E-state index contributed by atoms with van der Waals surface area (Å²) in [5, 5.41) is 0. The number of carbonyl (C=O) groups is 2. The molecule has 0 spiro atoms. The van der Waals surface area contributed by atoms with Gasteiger partial charge in [-0.25, -0.2) is 14.5 Å². The average Bonchev–Trinajstić information content (AvgIpc) is 2.61. The van der Waals surface area contributed by atoms with Crippen LogP contribution in [0, 0.1) is 0 Å². The molecular formula is C10H11N3O2. The molecule has 1 fully saturated rings. The maximum absolute atomic E-state index is 11.7. The molecule has 1 aliphatic rings. The van der Waals surface area contributed by atoms with Gasteiger partial charge in [-0.15, -0.1) is 0 Å². The molecule has 1 aliphatic heterocycles. The van der Waals surface area contributed by atoms with Crippen LogP contribution in [-0.4, -0.2) is 30.1 Å². The van der Waals surface area contributed by atoms with E-state index in [0.717, 1.165) is 10.6 Å². The first-order valence-electron chi connectivity index (χ1n) is 4.63. The highest BCUT2D eigenvalue weighted by molar-refractivity contribution is 6.03. The molecular weight excluding hydrogens is 194 g/mol. The molecule has 1 aromatic rings. The van der Waals surface area contributed by atoms with Crippen LogP contribution in [-0.2, 0) is 0 Å². The van der Waals surface area contributed by atoms with Gasteiger partial charge in [0.2, 0.25) is 0 Å². The summed E-state index contributed by atoms with van der Waals surface area (Å²) in [6.07, 6.45) is 0. The van der Waals surface area contributed by atoms with Crippen LogP contribution in [0.1, 0.15) is 0 Å². The number of hydrogen-bond acceptors (Lipinski definition) is 2. The molecule has 1 saturated heterocycles. The zero-order valence-corrected chi connectivity index (χ0v) is 8.09. The third-order valence-electron chi connectivity index (χ3n) is 2.34. The van der Waals surface area contributed by atoms with E-state index in [-0.39, 0.29) is 6.03 Å². The topological polar surface area (TPSA) is 66.6 Å². The van der Waals surface area contributed by atoms with Gasteiger partial charge in [0, 0.05) is 12.2 Å². The molecule has 0 saturated carbocycles. The van der Waals surface area contributed by atoms with Gasteiger partial charge in [-0.3, -0.25) is 4.90 Å². The number of nitrogens with zero attached hydrogens (tertiary/aromatic N) is 2. The van der Waals surface area contributed by atoms with Crippen LogP contribution >= 0.6 is 0 Å². The highest BCUT2D eigenvalue weighted by Crippen LogP contribution is 2.19. The molecule has 5 nitrogen and oxygen atoms in total.